The quantitative estimate of drug-likeness (QED) is 0.120. The lowest BCUT2D eigenvalue weighted by atomic mass is 10.2. The maximum atomic E-state index is 13.6. The summed E-state index contributed by atoms with van der Waals surface area (Å²) in [6.07, 6.45) is 4.81. The molecule has 0 aliphatic carbocycles. The van der Waals surface area contributed by atoms with Crippen LogP contribution in [0, 0.1) is 0 Å². The van der Waals surface area contributed by atoms with Crippen molar-refractivity contribution in [1.82, 2.24) is 4.90 Å². The molecule has 0 bridgehead atoms. The van der Waals surface area contributed by atoms with Crippen molar-refractivity contribution < 1.29 is 27.2 Å². The maximum Gasteiger partial charge on any atom is 0.267 e. The van der Waals surface area contributed by atoms with Crippen LogP contribution in [0.25, 0.3) is 6.08 Å². The third kappa shape index (κ3) is 8.98. The minimum atomic E-state index is -3.85. The summed E-state index contributed by atoms with van der Waals surface area (Å²) >= 11 is 4.61. The number of hydrogen-bond acceptors (Lipinski definition) is 10. The second kappa shape index (κ2) is 14.8. The monoisotopic (exact) mass is 736 g/mol. The minimum absolute atomic E-state index is 0.0729. The van der Waals surface area contributed by atoms with Crippen LogP contribution in [0.2, 0.25) is 0 Å². The number of benzene rings is 3. The first kappa shape index (κ1) is 33.7. The first-order valence-electron chi connectivity index (χ1n) is 13.9. The Morgan fingerprint density at radius 3 is 2.51 bits per heavy atom. The number of nitrogens with one attached hydrogen (secondary N) is 1. The zero-order valence-electron chi connectivity index (χ0n) is 25.2. The van der Waals surface area contributed by atoms with Crippen molar-refractivity contribution in [2.45, 2.75) is 11.4 Å². The van der Waals surface area contributed by atoms with Crippen LogP contribution in [-0.4, -0.2) is 57.2 Å². The molecule has 1 saturated heterocycles. The van der Waals surface area contributed by atoms with Gasteiger partial charge in [-0.15, -0.1) is 5.10 Å². The number of nitrogens with zero attached hydrogens (tertiary/aromatic N) is 4. The zero-order chi connectivity index (χ0) is 33.6. The van der Waals surface area contributed by atoms with Gasteiger partial charge in [-0.1, -0.05) is 28.1 Å². The number of carbonyl (C=O) groups is 2. The third-order valence-corrected chi connectivity index (χ3v) is 9.04. The fourth-order valence-corrected chi connectivity index (χ4v) is 6.08. The van der Waals surface area contributed by atoms with Crippen LogP contribution in [0.4, 0.5) is 11.4 Å². The minimum Gasteiger partial charge on any atom is -0.483 e. The molecule has 2 heterocycles. The summed E-state index contributed by atoms with van der Waals surface area (Å²) < 4.78 is 35.0. The van der Waals surface area contributed by atoms with E-state index in [4.69, 9.17) is 14.3 Å². The molecule has 1 aliphatic rings. The SMILES string of the molecule is CN(C)c1ccc(/C=N\N=C2\S/C(=C\c3cc(Br)ccc3OCC(=O)Nc3ccc(S(N)(=O)=O)cc3)C(=O)N2Cc2ccco2)cc1. The number of amides is 2. The van der Waals surface area contributed by atoms with Gasteiger partial charge in [0.25, 0.3) is 11.8 Å². The van der Waals surface area contributed by atoms with Gasteiger partial charge in [0.1, 0.15) is 11.5 Å². The number of sulfonamides is 1. The van der Waals surface area contributed by atoms with Gasteiger partial charge in [-0.2, -0.15) is 5.10 Å². The lowest BCUT2D eigenvalue weighted by Gasteiger charge is -2.13. The highest BCUT2D eigenvalue weighted by Gasteiger charge is 2.34. The highest BCUT2D eigenvalue weighted by molar-refractivity contribution is 9.10. The van der Waals surface area contributed by atoms with E-state index in [0.717, 1.165) is 27.5 Å². The number of ether oxygens (including phenoxy) is 1. The molecular weight excluding hydrogens is 708 g/mol. The summed E-state index contributed by atoms with van der Waals surface area (Å²) in [5.41, 5.74) is 2.82. The van der Waals surface area contributed by atoms with E-state index >= 15 is 0 Å². The predicted octanol–water partition coefficient (Wildman–Crippen LogP) is 5.28. The Hall–Kier alpha value is -4.70. The summed E-state index contributed by atoms with van der Waals surface area (Å²) in [5, 5.41) is 16.8. The first-order chi connectivity index (χ1) is 22.5. The smallest absolute Gasteiger partial charge is 0.267 e. The third-order valence-electron chi connectivity index (χ3n) is 6.63. The van der Waals surface area contributed by atoms with Crippen LogP contribution in [0.5, 0.6) is 5.75 Å². The van der Waals surface area contributed by atoms with E-state index in [9.17, 15) is 18.0 Å². The molecule has 0 atom stereocenters. The molecule has 12 nitrogen and oxygen atoms in total. The second-order valence-corrected chi connectivity index (χ2v) is 13.8. The van der Waals surface area contributed by atoms with E-state index in [1.165, 1.54) is 35.4 Å². The number of rotatable bonds is 11. The number of carbonyl (C=O) groups excluding carboxylic acids is 2. The largest absolute Gasteiger partial charge is 0.483 e. The molecule has 0 saturated carbocycles. The van der Waals surface area contributed by atoms with Crippen LogP contribution < -0.4 is 20.1 Å². The number of amidine groups is 1. The molecule has 4 aromatic rings. The van der Waals surface area contributed by atoms with Crippen LogP contribution in [0.3, 0.4) is 0 Å². The summed E-state index contributed by atoms with van der Waals surface area (Å²) in [7, 11) is 0.0745. The first-order valence-corrected chi connectivity index (χ1v) is 17.1. The highest BCUT2D eigenvalue weighted by atomic mass is 79.9. The number of halogens is 1. The van der Waals surface area contributed by atoms with Crippen molar-refractivity contribution in [3.8, 4) is 5.75 Å². The molecule has 1 fully saturated rings. The van der Waals surface area contributed by atoms with E-state index in [0.29, 0.717) is 32.8 Å². The standard InChI is InChI=1S/C32H29BrN6O6S2/c1-38(2)25-10-5-21(6-11-25)18-35-37-32-39(19-26-4-3-15-44-26)31(41)29(46-32)17-22-16-23(33)7-14-28(22)45-20-30(40)36-24-8-12-27(13-9-24)47(34,42)43/h3-18H,19-20H2,1-2H3,(H,36,40)(H2,34,42,43)/b29-17-,35-18-,37-32+. The van der Waals surface area contributed by atoms with Crippen molar-refractivity contribution in [3.63, 3.8) is 0 Å². The van der Waals surface area contributed by atoms with E-state index in [1.807, 2.05) is 43.3 Å². The van der Waals surface area contributed by atoms with Gasteiger partial charge in [0.2, 0.25) is 10.0 Å². The maximum absolute atomic E-state index is 13.6. The predicted molar refractivity (Wildman–Crippen MR) is 187 cm³/mol. The summed E-state index contributed by atoms with van der Waals surface area (Å²) in [5.74, 6) is 0.153. The molecule has 3 N–H and O–H groups in total. The molecular formula is C32H29BrN6O6S2. The van der Waals surface area contributed by atoms with Gasteiger partial charge in [-0.3, -0.25) is 14.5 Å². The number of primary sulfonamides is 1. The molecule has 3 aromatic carbocycles. The molecule has 1 aliphatic heterocycles. The van der Waals surface area contributed by atoms with E-state index in [-0.39, 0.29) is 24.0 Å². The molecule has 47 heavy (non-hydrogen) atoms. The summed E-state index contributed by atoms with van der Waals surface area (Å²) in [4.78, 5) is 30.0. The van der Waals surface area contributed by atoms with E-state index < -0.39 is 15.9 Å². The molecule has 0 spiro atoms. The Morgan fingerprint density at radius 2 is 1.85 bits per heavy atom. The molecule has 2 amide bonds. The van der Waals surface area contributed by atoms with Gasteiger partial charge in [0.15, 0.2) is 11.8 Å². The normalized spacial score (nSPS) is 15.1. The summed E-state index contributed by atoms with van der Waals surface area (Å²) in [6, 6.07) is 21.9. The van der Waals surface area contributed by atoms with Crippen LogP contribution >= 0.6 is 27.7 Å². The Labute approximate surface area is 284 Å². The van der Waals surface area contributed by atoms with Crippen LogP contribution in [0.15, 0.2) is 114 Å². The lowest BCUT2D eigenvalue weighted by Crippen LogP contribution is -2.28. The Kier molecular flexibility index (Phi) is 10.6. The van der Waals surface area contributed by atoms with E-state index in [1.54, 1.807) is 42.6 Å². The molecule has 15 heteroatoms. The number of furan rings is 1. The second-order valence-electron chi connectivity index (χ2n) is 10.3. The van der Waals surface area contributed by atoms with Crippen molar-refractivity contribution in [3.05, 3.63) is 111 Å². The number of anilines is 2. The van der Waals surface area contributed by atoms with Crippen molar-refractivity contribution in [2.24, 2.45) is 15.3 Å². The average Bonchev–Trinajstić information content (AvgIpc) is 3.65. The Balaban J connectivity index is 1.33. The molecule has 0 radical (unpaired) electrons. The van der Waals surface area contributed by atoms with Gasteiger partial charge < -0.3 is 19.4 Å². The molecule has 242 valence electrons. The van der Waals surface area contributed by atoms with Gasteiger partial charge >= 0.3 is 0 Å². The van der Waals surface area contributed by atoms with Crippen molar-refractivity contribution in [2.75, 3.05) is 30.9 Å². The van der Waals surface area contributed by atoms with Gasteiger partial charge in [-0.25, -0.2) is 13.6 Å². The molecule has 1 aromatic heterocycles. The van der Waals surface area contributed by atoms with Crippen LogP contribution in [-0.2, 0) is 26.2 Å². The van der Waals surface area contributed by atoms with Gasteiger partial charge in [-0.05, 0) is 90.1 Å². The fraction of sp³-hybridized carbons (Fsp3) is 0.125. The van der Waals surface area contributed by atoms with E-state index in [2.05, 4.69) is 31.4 Å². The van der Waals surface area contributed by atoms with Crippen molar-refractivity contribution >= 4 is 78.4 Å². The summed E-state index contributed by atoms with van der Waals surface area (Å²) in [6.45, 7) is -0.195. The number of thioether (sulfide) groups is 1. The topological polar surface area (TPSA) is 160 Å². The molecule has 0 unspecified atom stereocenters. The van der Waals surface area contributed by atoms with Crippen LogP contribution in [0.1, 0.15) is 16.9 Å². The average molecular weight is 738 g/mol. The number of hydrogen-bond donors (Lipinski definition) is 2. The zero-order valence-corrected chi connectivity index (χ0v) is 28.4. The molecule has 5 rings (SSSR count). The van der Waals surface area contributed by atoms with Crippen molar-refractivity contribution in [1.29, 1.82) is 0 Å². The Morgan fingerprint density at radius 1 is 1.11 bits per heavy atom. The highest BCUT2D eigenvalue weighted by Crippen LogP contribution is 2.36. The fourth-order valence-electron chi connectivity index (χ4n) is 4.26. The Bertz CT molecular complexity index is 1960. The number of nitrogens with two attached hydrogens (primary N) is 1. The van der Waals surface area contributed by atoms with Gasteiger partial charge in [0.05, 0.1) is 28.8 Å². The lowest BCUT2D eigenvalue weighted by molar-refractivity contribution is -0.122. The van der Waals surface area contributed by atoms with Gasteiger partial charge in [0, 0.05) is 35.5 Å².